The van der Waals surface area contributed by atoms with Crippen LogP contribution in [0, 0.1) is 0 Å². The number of thiophene rings is 1. The zero-order valence-electron chi connectivity index (χ0n) is 14.9. The van der Waals surface area contributed by atoms with Crippen LogP contribution in [0.1, 0.15) is 63.0 Å². The zero-order chi connectivity index (χ0) is 18.1. The fourth-order valence-corrected chi connectivity index (χ4v) is 5.31. The van der Waals surface area contributed by atoms with Crippen molar-refractivity contribution in [3.8, 4) is 0 Å². The van der Waals surface area contributed by atoms with Crippen molar-refractivity contribution in [3.63, 3.8) is 0 Å². The molecule has 140 valence electrons. The van der Waals surface area contributed by atoms with Crippen molar-refractivity contribution < 1.29 is 14.4 Å². The molecule has 6 nitrogen and oxygen atoms in total. The Morgan fingerprint density at radius 2 is 2.04 bits per heavy atom. The maximum Gasteiger partial charge on any atom is 0.325 e. The van der Waals surface area contributed by atoms with Crippen molar-refractivity contribution in [2.75, 3.05) is 13.1 Å². The van der Waals surface area contributed by atoms with Gasteiger partial charge in [-0.1, -0.05) is 19.3 Å². The topological polar surface area (TPSA) is 69.7 Å². The van der Waals surface area contributed by atoms with Crippen LogP contribution in [0.25, 0.3) is 0 Å². The second-order valence-electron chi connectivity index (χ2n) is 7.58. The van der Waals surface area contributed by atoms with Crippen LogP contribution in [-0.4, -0.2) is 46.3 Å². The molecule has 1 aliphatic carbocycles. The number of hydrogen-bond acceptors (Lipinski definition) is 4. The van der Waals surface area contributed by atoms with Crippen molar-refractivity contribution in [1.82, 2.24) is 15.1 Å². The van der Waals surface area contributed by atoms with E-state index in [1.54, 1.807) is 11.3 Å². The van der Waals surface area contributed by atoms with Gasteiger partial charge in [-0.25, -0.2) is 4.79 Å². The number of likely N-dealkylation sites (tertiary alicyclic amines) is 1. The van der Waals surface area contributed by atoms with Crippen molar-refractivity contribution in [3.05, 3.63) is 22.4 Å². The van der Waals surface area contributed by atoms with Gasteiger partial charge in [0.25, 0.3) is 5.91 Å². The molecule has 3 heterocycles. The second-order valence-corrected chi connectivity index (χ2v) is 8.36. The molecule has 1 saturated carbocycles. The highest BCUT2D eigenvalue weighted by atomic mass is 32.1. The van der Waals surface area contributed by atoms with Gasteiger partial charge in [-0.3, -0.25) is 14.5 Å². The molecule has 2 aliphatic heterocycles. The van der Waals surface area contributed by atoms with Gasteiger partial charge in [-0.05, 0) is 48.1 Å². The van der Waals surface area contributed by atoms with Crippen molar-refractivity contribution >= 4 is 29.2 Å². The van der Waals surface area contributed by atoms with E-state index in [0.29, 0.717) is 12.8 Å². The van der Waals surface area contributed by atoms with Gasteiger partial charge in [-0.15, -0.1) is 0 Å². The predicted octanol–water partition coefficient (Wildman–Crippen LogP) is 3.06. The third kappa shape index (κ3) is 3.02. The van der Waals surface area contributed by atoms with E-state index in [9.17, 15) is 14.4 Å². The first kappa shape index (κ1) is 17.5. The molecule has 1 N–H and O–H groups in total. The van der Waals surface area contributed by atoms with Crippen LogP contribution in [0.15, 0.2) is 16.8 Å². The highest BCUT2D eigenvalue weighted by Crippen LogP contribution is 2.35. The van der Waals surface area contributed by atoms with E-state index in [1.807, 2.05) is 10.3 Å². The van der Waals surface area contributed by atoms with E-state index in [0.717, 1.165) is 38.6 Å². The smallest absolute Gasteiger partial charge is 0.325 e. The number of rotatable bonds is 4. The molecule has 7 heteroatoms. The second kappa shape index (κ2) is 7.02. The summed E-state index contributed by atoms with van der Waals surface area (Å²) in [6.07, 6.45) is 6.66. The average Bonchev–Trinajstić information content (AvgIpc) is 3.36. The summed E-state index contributed by atoms with van der Waals surface area (Å²) in [5.74, 6) is -0.102. The van der Waals surface area contributed by atoms with Crippen LogP contribution >= 0.6 is 11.3 Å². The molecule has 1 spiro atoms. The van der Waals surface area contributed by atoms with E-state index >= 15 is 0 Å². The van der Waals surface area contributed by atoms with Crippen LogP contribution in [0.2, 0.25) is 0 Å². The Morgan fingerprint density at radius 1 is 1.23 bits per heavy atom. The molecule has 0 unspecified atom stereocenters. The Hall–Kier alpha value is -1.89. The lowest BCUT2D eigenvalue weighted by molar-refractivity contribution is -0.134. The van der Waals surface area contributed by atoms with Gasteiger partial charge in [0.05, 0.1) is 6.04 Å². The quantitative estimate of drug-likeness (QED) is 0.823. The number of urea groups is 1. The van der Waals surface area contributed by atoms with Gasteiger partial charge in [0.1, 0.15) is 5.54 Å². The van der Waals surface area contributed by atoms with Gasteiger partial charge in [-0.2, -0.15) is 11.3 Å². The normalized spacial score (nSPS) is 25.2. The first-order valence-electron chi connectivity index (χ1n) is 9.56. The number of imide groups is 1. The Kier molecular flexibility index (Phi) is 4.73. The largest absolute Gasteiger partial charge is 0.336 e. The van der Waals surface area contributed by atoms with Crippen molar-refractivity contribution in [1.29, 1.82) is 0 Å². The molecule has 1 aromatic heterocycles. The molecule has 1 atom stereocenters. The minimum atomic E-state index is -0.703. The molecule has 4 rings (SSSR count). The Balaban J connectivity index is 1.38. The summed E-state index contributed by atoms with van der Waals surface area (Å²) >= 11 is 1.64. The molecule has 3 fully saturated rings. The lowest BCUT2D eigenvalue weighted by Crippen LogP contribution is -2.48. The number of amides is 4. The number of hydrogen-bond donors (Lipinski definition) is 1. The number of carbonyl (C=O) groups excluding carboxylic acids is 3. The van der Waals surface area contributed by atoms with Gasteiger partial charge < -0.3 is 10.2 Å². The highest BCUT2D eigenvalue weighted by Gasteiger charge is 2.51. The summed E-state index contributed by atoms with van der Waals surface area (Å²) in [7, 11) is 0. The lowest BCUT2D eigenvalue weighted by atomic mass is 9.82. The molecular weight excluding hydrogens is 350 g/mol. The monoisotopic (exact) mass is 375 g/mol. The number of nitrogens with zero attached hydrogens (tertiary/aromatic N) is 2. The van der Waals surface area contributed by atoms with Gasteiger partial charge in [0, 0.05) is 19.5 Å². The maximum absolute atomic E-state index is 12.8. The SMILES string of the molecule is O=C1NC2(CCCCC2)C(=O)N1CCC(=O)N1CCC[C@@H]1c1ccsc1. The van der Waals surface area contributed by atoms with E-state index in [4.69, 9.17) is 0 Å². The summed E-state index contributed by atoms with van der Waals surface area (Å²) < 4.78 is 0. The Bertz CT molecular complexity index is 697. The van der Waals surface area contributed by atoms with Crippen LogP contribution < -0.4 is 5.32 Å². The summed E-state index contributed by atoms with van der Waals surface area (Å²) in [5.41, 5.74) is 0.489. The minimum absolute atomic E-state index is 0.0314. The van der Waals surface area contributed by atoms with Crippen LogP contribution in [-0.2, 0) is 9.59 Å². The summed E-state index contributed by atoms with van der Waals surface area (Å²) in [6.45, 7) is 0.932. The van der Waals surface area contributed by atoms with Crippen LogP contribution in [0.3, 0.4) is 0 Å². The molecule has 3 aliphatic rings. The van der Waals surface area contributed by atoms with Crippen molar-refractivity contribution in [2.45, 2.75) is 62.9 Å². The maximum atomic E-state index is 12.8. The third-order valence-corrected chi connectivity index (χ3v) is 6.70. The molecular formula is C19H25N3O3S. The first-order valence-corrected chi connectivity index (χ1v) is 10.5. The fraction of sp³-hybridized carbons (Fsp3) is 0.632. The third-order valence-electron chi connectivity index (χ3n) is 6.00. The molecule has 26 heavy (non-hydrogen) atoms. The van der Waals surface area contributed by atoms with E-state index < -0.39 is 5.54 Å². The molecule has 2 saturated heterocycles. The summed E-state index contributed by atoms with van der Waals surface area (Å²) in [5, 5.41) is 7.04. The lowest BCUT2D eigenvalue weighted by Gasteiger charge is -2.30. The molecule has 4 amide bonds. The Labute approximate surface area is 157 Å². The van der Waals surface area contributed by atoms with E-state index in [-0.39, 0.29) is 36.9 Å². The number of carbonyl (C=O) groups is 3. The van der Waals surface area contributed by atoms with Gasteiger partial charge >= 0.3 is 6.03 Å². The van der Waals surface area contributed by atoms with Crippen molar-refractivity contribution in [2.24, 2.45) is 0 Å². The van der Waals surface area contributed by atoms with Gasteiger partial charge in [0.15, 0.2) is 0 Å². The zero-order valence-corrected chi connectivity index (χ0v) is 15.7. The highest BCUT2D eigenvalue weighted by molar-refractivity contribution is 7.08. The van der Waals surface area contributed by atoms with Crippen LogP contribution in [0.4, 0.5) is 4.79 Å². The molecule has 0 radical (unpaired) electrons. The number of nitrogens with one attached hydrogen (secondary N) is 1. The molecule has 1 aromatic rings. The standard InChI is InChI=1S/C19H25N3O3S/c23-16(21-10-4-5-15(21)14-7-12-26-13-14)6-11-22-17(24)19(20-18(22)25)8-2-1-3-9-19/h7,12-13,15H,1-6,8-11H2,(H,20,25)/t15-/m1/s1. The summed E-state index contributed by atoms with van der Waals surface area (Å²) in [4.78, 5) is 41.0. The molecule has 0 aromatic carbocycles. The predicted molar refractivity (Wildman–Crippen MR) is 98.7 cm³/mol. The molecule has 0 bridgehead atoms. The fourth-order valence-electron chi connectivity index (χ4n) is 4.60. The van der Waals surface area contributed by atoms with Gasteiger partial charge in [0.2, 0.25) is 5.91 Å². The minimum Gasteiger partial charge on any atom is -0.336 e. The Morgan fingerprint density at radius 3 is 2.77 bits per heavy atom. The first-order chi connectivity index (χ1) is 12.6. The van der Waals surface area contributed by atoms with E-state index in [2.05, 4.69) is 16.8 Å². The van der Waals surface area contributed by atoms with E-state index in [1.165, 1.54) is 10.5 Å². The summed E-state index contributed by atoms with van der Waals surface area (Å²) in [6, 6.07) is 1.88. The average molecular weight is 375 g/mol. The van der Waals surface area contributed by atoms with Crippen LogP contribution in [0.5, 0.6) is 0 Å².